The maximum Gasteiger partial charge on any atom is 0.237 e. The van der Waals surface area contributed by atoms with E-state index in [2.05, 4.69) is 26.1 Å². The fraction of sp³-hybridized carbons (Fsp3) is 0.375. The number of fused-ring (bicyclic) bond motifs is 7. The summed E-state index contributed by atoms with van der Waals surface area (Å²) in [6.07, 6.45) is 1.47. The molecule has 2 aromatic carbocycles. The number of nitrogens with zero attached hydrogens (tertiary/aromatic N) is 2. The molecule has 1 N–H and O–H groups in total. The van der Waals surface area contributed by atoms with Crippen LogP contribution >= 0.6 is 34.8 Å². The van der Waals surface area contributed by atoms with Crippen LogP contribution in [0.3, 0.4) is 0 Å². The largest absolute Gasteiger partial charge is 0.454 e. The van der Waals surface area contributed by atoms with Gasteiger partial charge in [0.2, 0.25) is 12.7 Å². The maximum atomic E-state index is 14.0. The lowest BCUT2D eigenvalue weighted by molar-refractivity contribution is -0.125. The van der Waals surface area contributed by atoms with Gasteiger partial charge in [0.05, 0.1) is 48.6 Å². The van der Waals surface area contributed by atoms with E-state index in [0.29, 0.717) is 49.9 Å². The quantitative estimate of drug-likeness (QED) is 0.415. The molecule has 1 aliphatic heterocycles. The molecule has 2 atom stereocenters. The highest BCUT2D eigenvalue weighted by atomic mass is 35.5. The molecule has 1 saturated carbocycles. The summed E-state index contributed by atoms with van der Waals surface area (Å²) in [5.74, 6) is 1.11. The third-order valence-electron chi connectivity index (χ3n) is 8.18. The number of benzene rings is 2. The minimum atomic E-state index is -0.885. The number of nitrogens with one attached hydrogen (secondary N) is 1. The molecule has 3 aromatic rings. The van der Waals surface area contributed by atoms with E-state index >= 15 is 0 Å². The molecular weight excluding hydrogens is 485 g/mol. The van der Waals surface area contributed by atoms with Gasteiger partial charge in [0.25, 0.3) is 0 Å². The third-order valence-corrected chi connectivity index (χ3v) is 9.21. The van der Waals surface area contributed by atoms with Crippen molar-refractivity contribution in [1.82, 2.24) is 9.97 Å². The predicted octanol–water partition coefficient (Wildman–Crippen LogP) is 6.29. The van der Waals surface area contributed by atoms with Crippen LogP contribution in [0.15, 0.2) is 24.3 Å². The van der Waals surface area contributed by atoms with Gasteiger partial charge in [-0.3, -0.25) is 4.79 Å². The Labute approximate surface area is 205 Å². The van der Waals surface area contributed by atoms with Crippen LogP contribution in [0.1, 0.15) is 45.0 Å². The molecule has 9 heteroatoms. The third kappa shape index (κ3) is 2.55. The number of rotatable bonds is 2. The van der Waals surface area contributed by atoms with Crippen LogP contribution in [0.25, 0.3) is 11.0 Å². The van der Waals surface area contributed by atoms with Crippen molar-refractivity contribution in [3.8, 4) is 11.5 Å². The summed E-state index contributed by atoms with van der Waals surface area (Å²) in [5, 5.41) is 3.98. The first kappa shape index (κ1) is 21.3. The number of carbonyl (C=O) groups is 1. The number of aromatic nitrogens is 2. The second-order valence-corrected chi connectivity index (χ2v) is 10.9. The van der Waals surface area contributed by atoms with Crippen molar-refractivity contribution in [2.24, 2.45) is 5.41 Å². The van der Waals surface area contributed by atoms with Crippen LogP contribution in [0.2, 0.25) is 15.1 Å². The Bertz CT molecular complexity index is 1390. The van der Waals surface area contributed by atoms with Crippen LogP contribution in [-0.2, 0) is 15.6 Å². The van der Waals surface area contributed by atoms with Crippen molar-refractivity contribution in [3.05, 3.63) is 50.7 Å². The molecule has 33 heavy (non-hydrogen) atoms. The number of hydrogen-bond donors (Lipinski definition) is 1. The smallest absolute Gasteiger partial charge is 0.237 e. The SMILES string of the molecule is CC12CCC(C(=O)Nc3cc(Cl)c(Cl)cc3Cl)(c3nc4cc5c(cc4nc31)OCO5)C2(C)C. The first-order valence-corrected chi connectivity index (χ1v) is 11.8. The molecule has 2 heterocycles. The molecule has 6 nitrogen and oxygen atoms in total. The molecule has 2 unspecified atom stereocenters. The summed E-state index contributed by atoms with van der Waals surface area (Å²) in [4.78, 5) is 24.1. The van der Waals surface area contributed by atoms with Crippen molar-refractivity contribution < 1.29 is 14.3 Å². The van der Waals surface area contributed by atoms with Crippen LogP contribution in [0.5, 0.6) is 11.5 Å². The van der Waals surface area contributed by atoms with Gasteiger partial charge in [0.1, 0.15) is 0 Å². The number of halogens is 3. The fourth-order valence-corrected chi connectivity index (χ4v) is 6.44. The van der Waals surface area contributed by atoms with Gasteiger partial charge in [-0.05, 0) is 30.4 Å². The number of carbonyl (C=O) groups excluding carboxylic acids is 1. The highest BCUT2D eigenvalue weighted by molar-refractivity contribution is 6.44. The minimum absolute atomic E-state index is 0.173. The second kappa shape index (κ2) is 6.65. The number of anilines is 1. The van der Waals surface area contributed by atoms with E-state index in [1.165, 1.54) is 6.07 Å². The summed E-state index contributed by atoms with van der Waals surface area (Å²) in [7, 11) is 0. The normalized spacial score (nSPS) is 26.0. The topological polar surface area (TPSA) is 73.3 Å². The number of amides is 1. The summed E-state index contributed by atoms with van der Waals surface area (Å²) in [6, 6.07) is 6.79. The lowest BCUT2D eigenvalue weighted by Gasteiger charge is -2.39. The van der Waals surface area contributed by atoms with Crippen molar-refractivity contribution in [1.29, 1.82) is 0 Å². The van der Waals surface area contributed by atoms with E-state index in [-0.39, 0.29) is 18.1 Å². The molecule has 3 aliphatic rings. The van der Waals surface area contributed by atoms with Gasteiger partial charge < -0.3 is 14.8 Å². The minimum Gasteiger partial charge on any atom is -0.454 e. The zero-order valence-electron chi connectivity index (χ0n) is 18.2. The van der Waals surface area contributed by atoms with Crippen LogP contribution < -0.4 is 14.8 Å². The van der Waals surface area contributed by atoms with Gasteiger partial charge in [-0.2, -0.15) is 0 Å². The number of hydrogen-bond acceptors (Lipinski definition) is 5. The van der Waals surface area contributed by atoms with Gasteiger partial charge >= 0.3 is 0 Å². The molecule has 2 bridgehead atoms. The lowest BCUT2D eigenvalue weighted by Crippen LogP contribution is -2.48. The molecule has 6 rings (SSSR count). The molecule has 1 fully saturated rings. The molecule has 0 radical (unpaired) electrons. The molecule has 0 spiro atoms. The van der Waals surface area contributed by atoms with E-state index in [9.17, 15) is 4.79 Å². The van der Waals surface area contributed by atoms with E-state index < -0.39 is 10.8 Å². The summed E-state index contributed by atoms with van der Waals surface area (Å²) < 4.78 is 11.0. The average molecular weight is 505 g/mol. The summed E-state index contributed by atoms with van der Waals surface area (Å²) >= 11 is 18.6. The van der Waals surface area contributed by atoms with Gasteiger partial charge in [-0.25, -0.2) is 9.97 Å². The standard InChI is InChI=1S/C24H20Cl3N3O3/c1-22(2)23(3)4-5-24(22,21(31)30-14-7-12(26)11(25)6-13(14)27)20-19(23)28-15-8-17-18(33-10-32-17)9-16(15)29-20/h6-9H,4-5,10H2,1-3H3,(H,30,31). The average Bonchev–Trinajstić information content (AvgIpc) is 3.33. The van der Waals surface area contributed by atoms with Crippen LogP contribution in [0.4, 0.5) is 5.69 Å². The van der Waals surface area contributed by atoms with Crippen LogP contribution in [-0.4, -0.2) is 22.7 Å². The Kier molecular flexibility index (Phi) is 4.28. The molecule has 1 amide bonds. The predicted molar refractivity (Wildman–Crippen MR) is 128 cm³/mol. The Morgan fingerprint density at radius 1 is 0.879 bits per heavy atom. The lowest BCUT2D eigenvalue weighted by atomic mass is 9.63. The van der Waals surface area contributed by atoms with E-state index in [1.807, 2.05) is 12.1 Å². The Morgan fingerprint density at radius 2 is 1.48 bits per heavy atom. The highest BCUT2D eigenvalue weighted by Crippen LogP contribution is 2.70. The Morgan fingerprint density at radius 3 is 2.15 bits per heavy atom. The summed E-state index contributed by atoms with van der Waals surface area (Å²) in [6.45, 7) is 6.59. The monoisotopic (exact) mass is 503 g/mol. The molecule has 2 aliphatic carbocycles. The fourth-order valence-electron chi connectivity index (χ4n) is 5.84. The highest BCUT2D eigenvalue weighted by Gasteiger charge is 2.73. The Balaban J connectivity index is 1.53. The van der Waals surface area contributed by atoms with Crippen LogP contribution in [0, 0.1) is 5.41 Å². The Hall–Kier alpha value is -2.28. The number of ether oxygens (including phenoxy) is 2. The second-order valence-electron chi connectivity index (χ2n) is 9.68. The summed E-state index contributed by atoms with van der Waals surface area (Å²) in [5.41, 5.74) is 1.74. The van der Waals surface area contributed by atoms with E-state index in [0.717, 1.165) is 17.6 Å². The molecule has 0 saturated heterocycles. The zero-order valence-corrected chi connectivity index (χ0v) is 20.5. The maximum absolute atomic E-state index is 14.0. The van der Waals surface area contributed by atoms with Gasteiger partial charge in [0, 0.05) is 17.5 Å². The molecule has 1 aromatic heterocycles. The first-order chi connectivity index (χ1) is 15.6. The van der Waals surface area contributed by atoms with Crippen molar-refractivity contribution in [2.45, 2.75) is 44.4 Å². The molecule has 170 valence electrons. The first-order valence-electron chi connectivity index (χ1n) is 10.7. The molecular formula is C24H20Cl3N3O3. The van der Waals surface area contributed by atoms with Gasteiger partial charge in [-0.1, -0.05) is 55.6 Å². The van der Waals surface area contributed by atoms with Crippen molar-refractivity contribution in [3.63, 3.8) is 0 Å². The van der Waals surface area contributed by atoms with Gasteiger partial charge in [0.15, 0.2) is 11.5 Å². The van der Waals surface area contributed by atoms with Gasteiger partial charge in [-0.15, -0.1) is 0 Å². The van der Waals surface area contributed by atoms with E-state index in [4.69, 9.17) is 54.2 Å². The van der Waals surface area contributed by atoms with E-state index in [1.54, 1.807) is 6.07 Å². The zero-order chi connectivity index (χ0) is 23.3. The van der Waals surface area contributed by atoms with Crippen molar-refractivity contribution >= 4 is 57.4 Å². The van der Waals surface area contributed by atoms with Crippen molar-refractivity contribution in [2.75, 3.05) is 12.1 Å².